The van der Waals surface area contributed by atoms with Gasteiger partial charge in [0, 0.05) is 23.7 Å². The molecule has 1 atom stereocenters. The van der Waals surface area contributed by atoms with Crippen molar-refractivity contribution in [2.45, 2.75) is 26.3 Å². The van der Waals surface area contributed by atoms with Gasteiger partial charge < -0.3 is 20.7 Å². The van der Waals surface area contributed by atoms with Gasteiger partial charge in [0.15, 0.2) is 0 Å². The van der Waals surface area contributed by atoms with E-state index in [1.165, 1.54) is 18.3 Å². The number of rotatable bonds is 7. The second-order valence-electron chi connectivity index (χ2n) is 7.47. The van der Waals surface area contributed by atoms with E-state index in [0.717, 1.165) is 0 Å². The fourth-order valence-corrected chi connectivity index (χ4v) is 3.96. The number of anilines is 1. The molecule has 2 aromatic carbocycles. The van der Waals surface area contributed by atoms with Gasteiger partial charge in [-0.3, -0.25) is 9.59 Å². The molecular weight excluding hydrogens is 483 g/mol. The highest BCUT2D eigenvalue weighted by Gasteiger charge is 2.25. The highest BCUT2D eigenvalue weighted by atomic mass is 35.5. The molecule has 0 aliphatic carbocycles. The topological polar surface area (TPSA) is 141 Å². The second-order valence-corrected chi connectivity index (χ2v) is 8.28. The summed E-state index contributed by atoms with van der Waals surface area (Å²) in [5, 5.41) is 14.8. The van der Waals surface area contributed by atoms with E-state index in [1.807, 2.05) is 0 Å². The Balaban J connectivity index is 1.89. The first-order valence-corrected chi connectivity index (χ1v) is 10.8. The van der Waals surface area contributed by atoms with Gasteiger partial charge in [-0.25, -0.2) is 9.59 Å². The Morgan fingerprint density at radius 2 is 1.59 bits per heavy atom. The van der Waals surface area contributed by atoms with Gasteiger partial charge >= 0.3 is 11.7 Å². The van der Waals surface area contributed by atoms with Gasteiger partial charge in [-0.15, -0.1) is 0 Å². The fourth-order valence-electron chi connectivity index (χ4n) is 3.39. The molecule has 0 radical (unpaired) electrons. The van der Waals surface area contributed by atoms with Crippen LogP contribution >= 0.6 is 23.2 Å². The van der Waals surface area contributed by atoms with E-state index in [1.54, 1.807) is 38.1 Å². The summed E-state index contributed by atoms with van der Waals surface area (Å²) in [7, 11) is 0. The number of amides is 2. The Morgan fingerprint density at radius 1 is 1.00 bits per heavy atom. The molecule has 0 saturated heterocycles. The SMILES string of the molecule is Cc1cccc(C)c1C(=O)N[C@@H](Cc1c[nH]c(=O)nc1NC(=O)c1c(Cl)cccc1Cl)C(=O)O. The lowest BCUT2D eigenvalue weighted by Crippen LogP contribution is -2.43. The van der Waals surface area contributed by atoms with Gasteiger partial charge in [0.1, 0.15) is 11.9 Å². The first-order chi connectivity index (χ1) is 16.1. The largest absolute Gasteiger partial charge is 0.480 e. The number of H-pyrrole nitrogens is 1. The van der Waals surface area contributed by atoms with E-state index in [0.29, 0.717) is 16.7 Å². The van der Waals surface area contributed by atoms with Crippen LogP contribution in [0.1, 0.15) is 37.4 Å². The van der Waals surface area contributed by atoms with Crippen molar-refractivity contribution in [2.24, 2.45) is 0 Å². The molecule has 0 unspecified atom stereocenters. The third kappa shape index (κ3) is 5.62. The van der Waals surface area contributed by atoms with Crippen LogP contribution in [-0.4, -0.2) is 38.9 Å². The highest BCUT2D eigenvalue weighted by Crippen LogP contribution is 2.25. The zero-order valence-electron chi connectivity index (χ0n) is 18.1. The predicted octanol–water partition coefficient (Wildman–Crippen LogP) is 3.37. The van der Waals surface area contributed by atoms with Crippen LogP contribution in [0, 0.1) is 13.8 Å². The molecule has 4 N–H and O–H groups in total. The third-order valence-corrected chi connectivity index (χ3v) is 5.67. The van der Waals surface area contributed by atoms with Crippen molar-refractivity contribution in [1.82, 2.24) is 15.3 Å². The van der Waals surface area contributed by atoms with Crippen LogP contribution in [0.5, 0.6) is 0 Å². The number of aryl methyl sites for hydroxylation is 2. The molecule has 176 valence electrons. The molecule has 0 saturated carbocycles. The lowest BCUT2D eigenvalue weighted by Gasteiger charge is -2.18. The van der Waals surface area contributed by atoms with Crippen LogP contribution in [0.2, 0.25) is 10.0 Å². The van der Waals surface area contributed by atoms with Crippen molar-refractivity contribution < 1.29 is 19.5 Å². The number of nitrogens with zero attached hydrogens (tertiary/aromatic N) is 1. The van der Waals surface area contributed by atoms with E-state index in [4.69, 9.17) is 23.2 Å². The Morgan fingerprint density at radius 3 is 2.18 bits per heavy atom. The number of aromatic nitrogens is 2. The van der Waals surface area contributed by atoms with Crippen LogP contribution in [-0.2, 0) is 11.2 Å². The molecule has 0 bridgehead atoms. The normalized spacial score (nSPS) is 11.5. The molecule has 1 heterocycles. The summed E-state index contributed by atoms with van der Waals surface area (Å²) in [6, 6.07) is 8.42. The summed E-state index contributed by atoms with van der Waals surface area (Å²) in [5.74, 6) is -2.79. The Bertz CT molecular complexity index is 1300. The summed E-state index contributed by atoms with van der Waals surface area (Å²) in [5.41, 5.74) is 1.13. The van der Waals surface area contributed by atoms with Crippen molar-refractivity contribution in [1.29, 1.82) is 0 Å². The van der Waals surface area contributed by atoms with E-state index in [-0.39, 0.29) is 33.4 Å². The minimum Gasteiger partial charge on any atom is -0.480 e. The molecule has 2 amide bonds. The van der Waals surface area contributed by atoms with Crippen molar-refractivity contribution >= 4 is 46.8 Å². The van der Waals surface area contributed by atoms with Gasteiger partial charge in [0.2, 0.25) is 0 Å². The summed E-state index contributed by atoms with van der Waals surface area (Å²) in [6.45, 7) is 3.49. The minimum atomic E-state index is -1.38. The number of carbonyl (C=O) groups is 3. The predicted molar refractivity (Wildman–Crippen MR) is 128 cm³/mol. The number of benzene rings is 2. The first-order valence-electron chi connectivity index (χ1n) is 10.0. The molecular formula is C23H20Cl2N4O5. The van der Waals surface area contributed by atoms with Crippen molar-refractivity contribution in [2.75, 3.05) is 5.32 Å². The van der Waals surface area contributed by atoms with Crippen molar-refractivity contribution in [3.8, 4) is 0 Å². The lowest BCUT2D eigenvalue weighted by atomic mass is 10.0. The van der Waals surface area contributed by atoms with Crippen LogP contribution in [0.25, 0.3) is 0 Å². The lowest BCUT2D eigenvalue weighted by molar-refractivity contribution is -0.139. The van der Waals surface area contributed by atoms with Crippen LogP contribution in [0.15, 0.2) is 47.4 Å². The summed E-state index contributed by atoms with van der Waals surface area (Å²) in [4.78, 5) is 55.4. The Labute approximate surface area is 204 Å². The maximum Gasteiger partial charge on any atom is 0.346 e. The maximum absolute atomic E-state index is 12.8. The molecule has 0 fully saturated rings. The van der Waals surface area contributed by atoms with E-state index < -0.39 is 29.5 Å². The Kier molecular flexibility index (Phi) is 7.70. The molecule has 3 rings (SSSR count). The van der Waals surface area contributed by atoms with Crippen molar-refractivity contribution in [3.05, 3.63) is 90.9 Å². The molecule has 0 aliphatic rings. The van der Waals surface area contributed by atoms with E-state index >= 15 is 0 Å². The number of hydrogen-bond acceptors (Lipinski definition) is 5. The smallest absolute Gasteiger partial charge is 0.346 e. The number of carboxylic acids is 1. The number of carboxylic acid groups (broad SMARTS) is 1. The number of aromatic amines is 1. The molecule has 0 aliphatic heterocycles. The zero-order valence-corrected chi connectivity index (χ0v) is 19.6. The summed E-state index contributed by atoms with van der Waals surface area (Å²) in [6.07, 6.45) is 0.946. The fraction of sp³-hybridized carbons (Fsp3) is 0.174. The highest BCUT2D eigenvalue weighted by molar-refractivity contribution is 6.40. The number of carbonyl (C=O) groups excluding carboxylic acids is 2. The van der Waals surface area contributed by atoms with E-state index in [9.17, 15) is 24.3 Å². The standard InChI is InChI=1S/C23H20Cl2N4O5/c1-11-5-3-6-12(2)17(11)20(30)27-16(22(32)33)9-13-10-26-23(34)29-19(13)28-21(31)18-14(24)7-4-8-15(18)25/h3-8,10,16H,9H2,1-2H3,(H,27,30)(H,32,33)(H2,26,28,29,31,34)/t16-/m0/s1. The monoisotopic (exact) mass is 502 g/mol. The number of halogens is 2. The van der Waals surface area contributed by atoms with Gasteiger partial charge in [-0.1, -0.05) is 47.5 Å². The zero-order chi connectivity index (χ0) is 25.0. The van der Waals surface area contributed by atoms with Crippen molar-refractivity contribution in [3.63, 3.8) is 0 Å². The number of aliphatic carboxylic acids is 1. The average molecular weight is 503 g/mol. The average Bonchev–Trinajstić information content (AvgIpc) is 2.74. The van der Waals surface area contributed by atoms with E-state index in [2.05, 4.69) is 20.6 Å². The van der Waals surface area contributed by atoms with Crippen LogP contribution in [0.3, 0.4) is 0 Å². The van der Waals surface area contributed by atoms with Gasteiger partial charge in [0.25, 0.3) is 11.8 Å². The quantitative estimate of drug-likeness (QED) is 0.390. The number of hydrogen-bond donors (Lipinski definition) is 4. The molecule has 3 aromatic rings. The second kappa shape index (κ2) is 10.5. The van der Waals surface area contributed by atoms with Gasteiger partial charge in [-0.05, 0) is 37.1 Å². The molecule has 0 spiro atoms. The summed E-state index contributed by atoms with van der Waals surface area (Å²) < 4.78 is 0. The van der Waals surface area contributed by atoms with Crippen LogP contribution < -0.4 is 16.3 Å². The number of nitrogens with one attached hydrogen (secondary N) is 3. The minimum absolute atomic E-state index is 0.0306. The Hall–Kier alpha value is -3.69. The molecule has 1 aromatic heterocycles. The summed E-state index contributed by atoms with van der Waals surface area (Å²) >= 11 is 12.1. The first kappa shape index (κ1) is 24.9. The van der Waals surface area contributed by atoms with Gasteiger partial charge in [-0.2, -0.15) is 4.98 Å². The molecule has 9 nitrogen and oxygen atoms in total. The third-order valence-electron chi connectivity index (χ3n) is 5.04. The van der Waals surface area contributed by atoms with Crippen LogP contribution in [0.4, 0.5) is 5.82 Å². The molecule has 11 heteroatoms. The van der Waals surface area contributed by atoms with Gasteiger partial charge in [0.05, 0.1) is 15.6 Å². The molecule has 34 heavy (non-hydrogen) atoms. The maximum atomic E-state index is 12.8.